The van der Waals surface area contributed by atoms with Gasteiger partial charge in [0.2, 0.25) is 12.7 Å². The Morgan fingerprint density at radius 1 is 1.19 bits per heavy atom. The number of thiazole rings is 1. The number of nitrogens with zero attached hydrogens (tertiary/aromatic N) is 1. The van der Waals surface area contributed by atoms with Gasteiger partial charge in [-0.05, 0) is 55.0 Å². The Morgan fingerprint density at radius 3 is 2.78 bits per heavy atom. The van der Waals surface area contributed by atoms with E-state index in [0.717, 1.165) is 21.7 Å². The van der Waals surface area contributed by atoms with Gasteiger partial charge in [-0.25, -0.2) is 9.37 Å². The van der Waals surface area contributed by atoms with Gasteiger partial charge >= 0.3 is 0 Å². The van der Waals surface area contributed by atoms with Gasteiger partial charge in [0.25, 0.3) is 0 Å². The maximum atomic E-state index is 13.1. The number of ether oxygens (including phenoxy) is 2. The highest BCUT2D eigenvalue weighted by Crippen LogP contribution is 2.33. The van der Waals surface area contributed by atoms with Crippen LogP contribution in [0.4, 0.5) is 9.52 Å². The molecule has 0 fully saturated rings. The van der Waals surface area contributed by atoms with Crippen molar-refractivity contribution in [2.24, 2.45) is 0 Å². The van der Waals surface area contributed by atoms with E-state index >= 15 is 0 Å². The Kier molecular flexibility index (Phi) is 4.60. The smallest absolute Gasteiger partial charge is 0.250 e. The molecular formula is C20H15FN2O3S. The number of aryl methyl sites for hydroxylation is 1. The van der Waals surface area contributed by atoms with Crippen molar-refractivity contribution in [2.75, 3.05) is 12.1 Å². The van der Waals surface area contributed by atoms with E-state index in [-0.39, 0.29) is 18.5 Å². The maximum absolute atomic E-state index is 13.1. The van der Waals surface area contributed by atoms with Crippen molar-refractivity contribution >= 4 is 28.5 Å². The number of benzene rings is 2. The number of carbonyl (C=O) groups is 1. The number of fused-ring (bicyclic) bond motifs is 1. The van der Waals surface area contributed by atoms with Gasteiger partial charge in [-0.2, -0.15) is 0 Å². The molecule has 5 nitrogen and oxygen atoms in total. The second-order valence-electron chi connectivity index (χ2n) is 5.87. The number of carbonyl (C=O) groups excluding carboxylic acids is 1. The van der Waals surface area contributed by atoms with Gasteiger partial charge in [-0.1, -0.05) is 6.07 Å². The van der Waals surface area contributed by atoms with Crippen molar-refractivity contribution in [3.8, 4) is 22.8 Å². The molecule has 2 heterocycles. The van der Waals surface area contributed by atoms with E-state index < -0.39 is 0 Å². The normalized spacial score (nSPS) is 12.5. The molecule has 0 saturated carbocycles. The highest BCUT2D eigenvalue weighted by molar-refractivity contribution is 7.16. The summed E-state index contributed by atoms with van der Waals surface area (Å²) in [5.41, 5.74) is 2.37. The molecular weight excluding hydrogens is 367 g/mol. The molecule has 0 bridgehead atoms. The molecule has 0 saturated heterocycles. The SMILES string of the molecule is Cc1sc(NC(=O)C=Cc2ccc3c(c2)OCO3)nc1-c1ccc(F)cc1. The Balaban J connectivity index is 1.45. The van der Waals surface area contributed by atoms with E-state index in [4.69, 9.17) is 9.47 Å². The van der Waals surface area contributed by atoms with E-state index in [1.165, 1.54) is 29.5 Å². The van der Waals surface area contributed by atoms with Crippen LogP contribution in [0.2, 0.25) is 0 Å². The zero-order valence-corrected chi connectivity index (χ0v) is 15.2. The molecule has 3 aromatic rings. The van der Waals surface area contributed by atoms with Crippen LogP contribution in [0.5, 0.6) is 11.5 Å². The third kappa shape index (κ3) is 3.83. The molecule has 1 aromatic heterocycles. The van der Waals surface area contributed by atoms with E-state index in [9.17, 15) is 9.18 Å². The summed E-state index contributed by atoms with van der Waals surface area (Å²) in [4.78, 5) is 17.6. The van der Waals surface area contributed by atoms with Crippen LogP contribution in [0, 0.1) is 12.7 Å². The molecule has 136 valence electrons. The summed E-state index contributed by atoms with van der Waals surface area (Å²) in [5.74, 6) is 0.779. The number of hydrogen-bond donors (Lipinski definition) is 1. The summed E-state index contributed by atoms with van der Waals surface area (Å²) in [6, 6.07) is 11.6. The second-order valence-corrected chi connectivity index (χ2v) is 7.07. The fraction of sp³-hybridized carbons (Fsp3) is 0.100. The molecule has 0 spiro atoms. The molecule has 0 unspecified atom stereocenters. The van der Waals surface area contributed by atoms with Crippen LogP contribution < -0.4 is 14.8 Å². The van der Waals surface area contributed by atoms with E-state index in [2.05, 4.69) is 10.3 Å². The maximum Gasteiger partial charge on any atom is 0.250 e. The third-order valence-corrected chi connectivity index (χ3v) is 4.85. The van der Waals surface area contributed by atoms with Crippen molar-refractivity contribution in [2.45, 2.75) is 6.92 Å². The number of nitrogens with one attached hydrogen (secondary N) is 1. The largest absolute Gasteiger partial charge is 0.454 e. The van der Waals surface area contributed by atoms with E-state index in [0.29, 0.717) is 16.6 Å². The second kappa shape index (κ2) is 7.20. The standard InChI is InChI=1S/C20H15FN2O3S/c1-12-19(14-4-6-15(21)7-5-14)23-20(27-12)22-18(24)9-3-13-2-8-16-17(10-13)26-11-25-16/h2-10H,11H2,1H3,(H,22,23,24). The monoisotopic (exact) mass is 382 g/mol. The van der Waals surface area contributed by atoms with Crippen molar-refractivity contribution in [3.63, 3.8) is 0 Å². The average Bonchev–Trinajstić information content (AvgIpc) is 3.26. The van der Waals surface area contributed by atoms with Gasteiger partial charge < -0.3 is 9.47 Å². The lowest BCUT2D eigenvalue weighted by molar-refractivity contribution is -0.111. The molecule has 0 atom stereocenters. The summed E-state index contributed by atoms with van der Waals surface area (Å²) in [7, 11) is 0. The molecule has 7 heteroatoms. The Morgan fingerprint density at radius 2 is 1.96 bits per heavy atom. The molecule has 0 aliphatic carbocycles. The van der Waals surface area contributed by atoms with Gasteiger partial charge in [0, 0.05) is 16.5 Å². The first kappa shape index (κ1) is 17.2. The van der Waals surface area contributed by atoms with E-state index in [1.54, 1.807) is 24.3 Å². The first-order valence-electron chi connectivity index (χ1n) is 8.20. The van der Waals surface area contributed by atoms with Gasteiger partial charge in [0.1, 0.15) is 5.82 Å². The highest BCUT2D eigenvalue weighted by Gasteiger charge is 2.13. The molecule has 4 rings (SSSR count). The molecule has 27 heavy (non-hydrogen) atoms. The van der Waals surface area contributed by atoms with Gasteiger partial charge in [-0.15, -0.1) is 11.3 Å². The minimum atomic E-state index is -0.297. The summed E-state index contributed by atoms with van der Waals surface area (Å²) < 4.78 is 23.7. The predicted octanol–water partition coefficient (Wildman–Crippen LogP) is 4.64. The van der Waals surface area contributed by atoms with Gasteiger partial charge in [0.05, 0.1) is 5.69 Å². The number of hydrogen-bond acceptors (Lipinski definition) is 5. The quantitative estimate of drug-likeness (QED) is 0.668. The van der Waals surface area contributed by atoms with Crippen LogP contribution in [-0.4, -0.2) is 17.7 Å². The summed E-state index contributed by atoms with van der Waals surface area (Å²) in [6.07, 6.45) is 3.13. The van der Waals surface area contributed by atoms with Crippen LogP contribution in [0.25, 0.3) is 17.3 Å². The lowest BCUT2D eigenvalue weighted by Gasteiger charge is -1.99. The fourth-order valence-corrected chi connectivity index (χ4v) is 3.50. The van der Waals surface area contributed by atoms with Crippen molar-refractivity contribution in [1.82, 2.24) is 4.98 Å². The van der Waals surface area contributed by atoms with Crippen LogP contribution in [0.1, 0.15) is 10.4 Å². The number of anilines is 1. The highest BCUT2D eigenvalue weighted by atomic mass is 32.1. The lowest BCUT2D eigenvalue weighted by atomic mass is 10.1. The predicted molar refractivity (Wildman–Crippen MR) is 102 cm³/mol. The minimum Gasteiger partial charge on any atom is -0.454 e. The fourth-order valence-electron chi connectivity index (χ4n) is 2.66. The molecule has 1 aliphatic rings. The number of halogens is 1. The number of aromatic nitrogens is 1. The zero-order chi connectivity index (χ0) is 18.8. The first-order valence-corrected chi connectivity index (χ1v) is 9.02. The average molecular weight is 382 g/mol. The zero-order valence-electron chi connectivity index (χ0n) is 14.4. The molecule has 2 aromatic carbocycles. The number of amides is 1. The van der Waals surface area contributed by atoms with Crippen molar-refractivity contribution < 1.29 is 18.7 Å². The van der Waals surface area contributed by atoms with Crippen LogP contribution >= 0.6 is 11.3 Å². The number of rotatable bonds is 4. The van der Waals surface area contributed by atoms with Crippen LogP contribution in [-0.2, 0) is 4.79 Å². The van der Waals surface area contributed by atoms with E-state index in [1.807, 2.05) is 19.1 Å². The molecule has 1 aliphatic heterocycles. The Bertz CT molecular complexity index is 1030. The van der Waals surface area contributed by atoms with Gasteiger partial charge in [-0.3, -0.25) is 10.1 Å². The summed E-state index contributed by atoms with van der Waals surface area (Å²) in [5, 5.41) is 3.25. The third-order valence-electron chi connectivity index (χ3n) is 3.97. The Hall–Kier alpha value is -3.19. The van der Waals surface area contributed by atoms with Gasteiger partial charge in [0.15, 0.2) is 16.6 Å². The molecule has 1 N–H and O–H groups in total. The topological polar surface area (TPSA) is 60.5 Å². The Labute approximate surface area is 159 Å². The van der Waals surface area contributed by atoms with Crippen LogP contribution in [0.3, 0.4) is 0 Å². The lowest BCUT2D eigenvalue weighted by Crippen LogP contribution is -2.07. The summed E-state index contributed by atoms with van der Waals surface area (Å²) >= 11 is 1.37. The van der Waals surface area contributed by atoms with Crippen molar-refractivity contribution in [1.29, 1.82) is 0 Å². The minimum absolute atomic E-state index is 0.211. The van der Waals surface area contributed by atoms with Crippen molar-refractivity contribution in [3.05, 3.63) is 64.8 Å². The van der Waals surface area contributed by atoms with Crippen LogP contribution in [0.15, 0.2) is 48.5 Å². The molecule has 1 amide bonds. The molecule has 0 radical (unpaired) electrons. The summed E-state index contributed by atoms with van der Waals surface area (Å²) in [6.45, 7) is 2.12. The first-order chi connectivity index (χ1) is 13.1.